The van der Waals surface area contributed by atoms with Gasteiger partial charge in [0.15, 0.2) is 0 Å². The molecule has 1 unspecified atom stereocenters. The van der Waals surface area contributed by atoms with Crippen LogP contribution >= 0.6 is 0 Å². The lowest BCUT2D eigenvalue weighted by atomic mass is 9.91. The monoisotopic (exact) mass is 413 g/mol. The Morgan fingerprint density at radius 3 is 2.73 bits per heavy atom. The zero-order chi connectivity index (χ0) is 21.4. The maximum absolute atomic E-state index is 12.2. The molecule has 0 radical (unpaired) electrons. The number of piperidine rings is 1. The van der Waals surface area contributed by atoms with Crippen molar-refractivity contribution < 1.29 is 14.3 Å². The molecule has 1 spiro atoms. The fourth-order valence-electron chi connectivity index (χ4n) is 4.33. The van der Waals surface area contributed by atoms with E-state index in [2.05, 4.69) is 15.6 Å². The molecule has 4 rings (SSSR count). The number of nitrogens with zero attached hydrogens (tertiary/aromatic N) is 3. The highest BCUT2D eigenvalue weighted by Gasteiger charge is 2.55. The summed E-state index contributed by atoms with van der Waals surface area (Å²) in [6.07, 6.45) is 8.46. The van der Waals surface area contributed by atoms with Crippen LogP contribution in [0.15, 0.2) is 30.7 Å². The van der Waals surface area contributed by atoms with Crippen LogP contribution in [0.4, 0.5) is 9.59 Å². The van der Waals surface area contributed by atoms with E-state index in [1.54, 1.807) is 6.20 Å². The molecular formula is C22H31N5O3. The second-order valence-corrected chi connectivity index (χ2v) is 9.52. The fourth-order valence-corrected chi connectivity index (χ4v) is 4.33. The number of hydrogen-bond acceptors (Lipinski definition) is 4. The maximum atomic E-state index is 12.2. The van der Waals surface area contributed by atoms with E-state index in [1.807, 2.05) is 54.6 Å². The lowest BCUT2D eigenvalue weighted by Gasteiger charge is -2.34. The minimum absolute atomic E-state index is 0.144. The number of carbonyl (C=O) groups is 2. The number of rotatable bonds is 4. The van der Waals surface area contributed by atoms with Crippen molar-refractivity contribution in [3.63, 3.8) is 0 Å². The number of fused-ring (bicyclic) bond motifs is 1. The van der Waals surface area contributed by atoms with Gasteiger partial charge in [0.1, 0.15) is 11.2 Å². The number of carbonyl (C=O) groups excluding carboxylic acids is 2. The Balaban J connectivity index is 1.17. The number of amides is 3. The number of likely N-dealkylation sites (tertiary alicyclic amines) is 1. The van der Waals surface area contributed by atoms with Gasteiger partial charge in [0.2, 0.25) is 0 Å². The summed E-state index contributed by atoms with van der Waals surface area (Å²) in [5.41, 5.74) is 1.72. The first-order valence-corrected chi connectivity index (χ1v) is 10.7. The topological polar surface area (TPSA) is 88.0 Å². The zero-order valence-corrected chi connectivity index (χ0v) is 18.0. The Morgan fingerprint density at radius 1 is 1.23 bits per heavy atom. The van der Waals surface area contributed by atoms with Gasteiger partial charge in [-0.25, -0.2) is 14.6 Å². The van der Waals surface area contributed by atoms with Gasteiger partial charge in [0.05, 0.1) is 0 Å². The second kappa shape index (κ2) is 7.81. The average molecular weight is 414 g/mol. The van der Waals surface area contributed by atoms with E-state index in [9.17, 15) is 9.59 Å². The molecule has 162 valence electrons. The molecule has 1 aliphatic carbocycles. The standard InChI is InChI=1S/C22H31N5O3/c1-21(2,3)30-20(29)26-9-6-22(7-10-26)12-17(22)14-25-19(28)24-13-16-4-5-18-23-8-11-27(18)15-16/h4-5,8,11,15,17H,6-7,9-10,12-14H2,1-3H3,(H2,24,25,28). The summed E-state index contributed by atoms with van der Waals surface area (Å²) < 4.78 is 7.41. The van der Waals surface area contributed by atoms with Crippen molar-refractivity contribution in [1.82, 2.24) is 24.9 Å². The van der Waals surface area contributed by atoms with E-state index in [1.165, 1.54) is 0 Å². The van der Waals surface area contributed by atoms with Gasteiger partial charge in [-0.2, -0.15) is 0 Å². The van der Waals surface area contributed by atoms with Gasteiger partial charge >= 0.3 is 12.1 Å². The SMILES string of the molecule is CC(C)(C)OC(=O)N1CCC2(CC1)CC2CNC(=O)NCc1ccc2nccn2c1. The molecule has 2 aromatic heterocycles. The average Bonchev–Trinajstić information content (AvgIpc) is 3.14. The zero-order valence-electron chi connectivity index (χ0n) is 18.0. The predicted molar refractivity (Wildman–Crippen MR) is 113 cm³/mol. The molecule has 30 heavy (non-hydrogen) atoms. The van der Waals surface area contributed by atoms with Crippen LogP contribution in [-0.4, -0.2) is 51.6 Å². The highest BCUT2D eigenvalue weighted by molar-refractivity contribution is 5.73. The van der Waals surface area contributed by atoms with E-state index in [-0.39, 0.29) is 17.5 Å². The first-order chi connectivity index (χ1) is 14.2. The van der Waals surface area contributed by atoms with E-state index >= 15 is 0 Å². The van der Waals surface area contributed by atoms with E-state index in [4.69, 9.17) is 4.74 Å². The summed E-state index contributed by atoms with van der Waals surface area (Å²) in [7, 11) is 0. The van der Waals surface area contributed by atoms with Crippen molar-refractivity contribution in [2.75, 3.05) is 19.6 Å². The van der Waals surface area contributed by atoms with Gasteiger partial charge in [0, 0.05) is 44.8 Å². The van der Waals surface area contributed by atoms with Crippen LogP contribution in [0.5, 0.6) is 0 Å². The van der Waals surface area contributed by atoms with Crippen molar-refractivity contribution in [3.8, 4) is 0 Å². The van der Waals surface area contributed by atoms with Gasteiger partial charge in [0.25, 0.3) is 0 Å². The molecule has 8 nitrogen and oxygen atoms in total. The third-order valence-corrected chi connectivity index (χ3v) is 6.18. The Morgan fingerprint density at radius 2 is 2.00 bits per heavy atom. The molecule has 3 heterocycles. The van der Waals surface area contributed by atoms with Crippen molar-refractivity contribution in [2.45, 2.75) is 52.2 Å². The van der Waals surface area contributed by atoms with Crippen LogP contribution in [0, 0.1) is 11.3 Å². The third-order valence-electron chi connectivity index (χ3n) is 6.18. The number of ether oxygens (including phenoxy) is 1. The number of urea groups is 1. The molecule has 1 saturated carbocycles. The normalized spacial score (nSPS) is 20.2. The van der Waals surface area contributed by atoms with E-state index in [0.29, 0.717) is 19.0 Å². The first kappa shape index (κ1) is 20.5. The maximum Gasteiger partial charge on any atom is 0.410 e. The van der Waals surface area contributed by atoms with Gasteiger partial charge in [-0.3, -0.25) is 0 Å². The van der Waals surface area contributed by atoms with Gasteiger partial charge < -0.3 is 24.7 Å². The van der Waals surface area contributed by atoms with Crippen LogP contribution in [-0.2, 0) is 11.3 Å². The molecule has 2 aromatic rings. The van der Waals surface area contributed by atoms with E-state index < -0.39 is 5.60 Å². The summed E-state index contributed by atoms with van der Waals surface area (Å²) in [5, 5.41) is 5.93. The largest absolute Gasteiger partial charge is 0.444 e. The number of nitrogens with one attached hydrogen (secondary N) is 2. The Kier molecular flexibility index (Phi) is 5.34. The number of imidazole rings is 1. The van der Waals surface area contributed by atoms with Crippen molar-refractivity contribution in [2.24, 2.45) is 11.3 Å². The van der Waals surface area contributed by atoms with Crippen molar-refractivity contribution >= 4 is 17.8 Å². The minimum Gasteiger partial charge on any atom is -0.444 e. The number of hydrogen-bond donors (Lipinski definition) is 2. The highest BCUT2D eigenvalue weighted by atomic mass is 16.6. The molecule has 2 fully saturated rings. The Bertz CT molecular complexity index is 924. The van der Waals surface area contributed by atoms with E-state index in [0.717, 1.165) is 43.6 Å². The lowest BCUT2D eigenvalue weighted by molar-refractivity contribution is 0.0166. The summed E-state index contributed by atoms with van der Waals surface area (Å²) in [4.78, 5) is 30.4. The minimum atomic E-state index is -0.462. The Hall–Kier alpha value is -2.77. The van der Waals surface area contributed by atoms with Crippen LogP contribution < -0.4 is 10.6 Å². The number of aromatic nitrogens is 2. The molecule has 1 atom stereocenters. The summed E-state index contributed by atoms with van der Waals surface area (Å²) >= 11 is 0. The lowest BCUT2D eigenvalue weighted by Crippen LogP contribution is -2.43. The molecule has 8 heteroatoms. The molecule has 0 bridgehead atoms. The molecule has 2 N–H and O–H groups in total. The molecule has 2 aliphatic rings. The van der Waals surface area contributed by atoms with Crippen LogP contribution in [0.3, 0.4) is 0 Å². The number of pyridine rings is 1. The van der Waals surface area contributed by atoms with Crippen LogP contribution in [0.1, 0.15) is 45.6 Å². The van der Waals surface area contributed by atoms with Gasteiger partial charge in [-0.1, -0.05) is 6.07 Å². The Labute approximate surface area is 177 Å². The van der Waals surface area contributed by atoms with Crippen LogP contribution in [0.25, 0.3) is 5.65 Å². The fraction of sp³-hybridized carbons (Fsp3) is 0.591. The van der Waals surface area contributed by atoms with Crippen molar-refractivity contribution in [1.29, 1.82) is 0 Å². The van der Waals surface area contributed by atoms with Gasteiger partial charge in [-0.05, 0) is 63.0 Å². The first-order valence-electron chi connectivity index (χ1n) is 10.7. The summed E-state index contributed by atoms with van der Waals surface area (Å²) in [6, 6.07) is 3.76. The smallest absolute Gasteiger partial charge is 0.410 e. The highest BCUT2D eigenvalue weighted by Crippen LogP contribution is 2.59. The molecule has 3 amide bonds. The molecule has 1 saturated heterocycles. The molecule has 0 aromatic carbocycles. The predicted octanol–water partition coefficient (Wildman–Crippen LogP) is 3.17. The summed E-state index contributed by atoms with van der Waals surface area (Å²) in [5.74, 6) is 0.492. The molecular weight excluding hydrogens is 382 g/mol. The third kappa shape index (κ3) is 4.68. The quantitative estimate of drug-likeness (QED) is 0.806. The summed E-state index contributed by atoms with van der Waals surface area (Å²) in [6.45, 7) is 8.28. The van der Waals surface area contributed by atoms with Crippen molar-refractivity contribution in [3.05, 3.63) is 36.3 Å². The van der Waals surface area contributed by atoms with Gasteiger partial charge in [-0.15, -0.1) is 0 Å². The second-order valence-electron chi connectivity index (χ2n) is 9.52. The van der Waals surface area contributed by atoms with Crippen LogP contribution in [0.2, 0.25) is 0 Å². The molecule has 1 aliphatic heterocycles.